The standard InChI is InChI=1S/C13H24N4O3S/c1-3-4-16-10-13(9-12(16)11-18)21(19,20)14-17-7-5-15(2)6-8-17/h9-10,14,18H,3-8,11H2,1-2H3. The van der Waals surface area contributed by atoms with Gasteiger partial charge in [-0.15, -0.1) is 4.83 Å². The van der Waals surface area contributed by atoms with E-state index in [2.05, 4.69) is 9.73 Å². The van der Waals surface area contributed by atoms with Crippen LogP contribution in [0.4, 0.5) is 0 Å². The quantitative estimate of drug-likeness (QED) is 0.762. The Morgan fingerprint density at radius 3 is 2.52 bits per heavy atom. The molecule has 2 rings (SSSR count). The summed E-state index contributed by atoms with van der Waals surface area (Å²) in [4.78, 5) is 4.99. The van der Waals surface area contributed by atoms with Crippen molar-refractivity contribution >= 4 is 10.0 Å². The highest BCUT2D eigenvalue weighted by Gasteiger charge is 2.23. The Morgan fingerprint density at radius 2 is 1.95 bits per heavy atom. The van der Waals surface area contributed by atoms with Gasteiger partial charge >= 0.3 is 0 Å². The van der Waals surface area contributed by atoms with Crippen molar-refractivity contribution in [3.63, 3.8) is 0 Å². The second-order valence-corrected chi connectivity index (χ2v) is 7.06. The van der Waals surface area contributed by atoms with Crippen molar-refractivity contribution in [1.82, 2.24) is 19.3 Å². The molecule has 1 saturated heterocycles. The lowest BCUT2D eigenvalue weighted by molar-refractivity contribution is 0.135. The summed E-state index contributed by atoms with van der Waals surface area (Å²) in [5.74, 6) is 0. The van der Waals surface area contributed by atoms with E-state index in [4.69, 9.17) is 0 Å². The van der Waals surface area contributed by atoms with E-state index in [1.165, 1.54) is 6.07 Å². The zero-order chi connectivity index (χ0) is 15.5. The van der Waals surface area contributed by atoms with Gasteiger partial charge in [0.05, 0.1) is 6.61 Å². The molecule has 1 aliphatic heterocycles. The molecule has 1 aliphatic rings. The first-order valence-electron chi connectivity index (χ1n) is 7.22. The van der Waals surface area contributed by atoms with Crippen LogP contribution in [0, 0.1) is 0 Å². The first-order valence-corrected chi connectivity index (χ1v) is 8.70. The lowest BCUT2D eigenvalue weighted by atomic mass is 10.4. The second kappa shape index (κ2) is 6.89. The molecular weight excluding hydrogens is 292 g/mol. The molecule has 0 atom stereocenters. The molecule has 1 aromatic heterocycles. The average molecular weight is 316 g/mol. The number of likely N-dealkylation sites (N-methyl/N-ethyl adjacent to an activating group) is 1. The van der Waals surface area contributed by atoms with Gasteiger partial charge in [-0.3, -0.25) is 0 Å². The first kappa shape index (κ1) is 16.4. The number of aliphatic hydroxyl groups is 1. The zero-order valence-corrected chi connectivity index (χ0v) is 13.4. The highest BCUT2D eigenvalue weighted by Crippen LogP contribution is 2.16. The Balaban J connectivity index is 2.12. The largest absolute Gasteiger partial charge is 0.390 e. The number of sulfonamides is 1. The predicted octanol–water partition coefficient (Wildman–Crippen LogP) is -0.169. The van der Waals surface area contributed by atoms with Crippen LogP contribution in [0.1, 0.15) is 19.0 Å². The van der Waals surface area contributed by atoms with E-state index in [0.29, 0.717) is 25.3 Å². The summed E-state index contributed by atoms with van der Waals surface area (Å²) in [5, 5.41) is 11.1. The van der Waals surface area contributed by atoms with Crippen LogP contribution in [-0.4, -0.2) is 61.2 Å². The number of hydrogen-bond acceptors (Lipinski definition) is 5. The minimum Gasteiger partial charge on any atom is -0.390 e. The van der Waals surface area contributed by atoms with Crippen molar-refractivity contribution < 1.29 is 13.5 Å². The monoisotopic (exact) mass is 316 g/mol. The molecule has 1 aromatic rings. The molecule has 8 heteroatoms. The fraction of sp³-hybridized carbons (Fsp3) is 0.692. The van der Waals surface area contributed by atoms with Gasteiger partial charge in [-0.2, -0.15) is 0 Å². The molecule has 120 valence electrons. The lowest BCUT2D eigenvalue weighted by Gasteiger charge is -2.31. The molecule has 1 fully saturated rings. The number of aromatic nitrogens is 1. The van der Waals surface area contributed by atoms with Crippen molar-refractivity contribution in [2.75, 3.05) is 33.2 Å². The summed E-state index contributed by atoms with van der Waals surface area (Å²) in [7, 11) is -1.56. The molecule has 0 radical (unpaired) electrons. The van der Waals surface area contributed by atoms with Crippen LogP contribution in [0.15, 0.2) is 17.2 Å². The van der Waals surface area contributed by atoms with Crippen LogP contribution in [0.3, 0.4) is 0 Å². The Kier molecular flexibility index (Phi) is 5.39. The van der Waals surface area contributed by atoms with Gasteiger partial charge in [0.15, 0.2) is 0 Å². The topological polar surface area (TPSA) is 77.8 Å². The number of nitrogens with zero attached hydrogens (tertiary/aromatic N) is 3. The van der Waals surface area contributed by atoms with Gasteiger partial charge in [0.1, 0.15) is 4.90 Å². The van der Waals surface area contributed by atoms with Crippen LogP contribution in [0.25, 0.3) is 0 Å². The lowest BCUT2D eigenvalue weighted by Crippen LogP contribution is -2.52. The molecule has 0 unspecified atom stereocenters. The summed E-state index contributed by atoms with van der Waals surface area (Å²) in [6.45, 7) is 5.54. The predicted molar refractivity (Wildman–Crippen MR) is 80.0 cm³/mol. The molecule has 0 bridgehead atoms. The fourth-order valence-electron chi connectivity index (χ4n) is 2.37. The van der Waals surface area contributed by atoms with E-state index in [1.54, 1.807) is 15.8 Å². The summed E-state index contributed by atoms with van der Waals surface area (Å²) in [6, 6.07) is 1.54. The highest BCUT2D eigenvalue weighted by molar-refractivity contribution is 7.89. The van der Waals surface area contributed by atoms with Crippen molar-refractivity contribution in [2.45, 2.75) is 31.4 Å². The normalized spacial score (nSPS) is 18.2. The molecule has 0 amide bonds. The number of aliphatic hydroxyl groups excluding tert-OH is 1. The molecule has 0 saturated carbocycles. The molecular formula is C13H24N4O3S. The van der Waals surface area contributed by atoms with E-state index in [0.717, 1.165) is 19.5 Å². The van der Waals surface area contributed by atoms with Gasteiger partial charge in [-0.25, -0.2) is 13.4 Å². The average Bonchev–Trinajstić information content (AvgIpc) is 2.86. The van der Waals surface area contributed by atoms with Crippen molar-refractivity contribution in [2.24, 2.45) is 0 Å². The number of rotatable bonds is 6. The van der Waals surface area contributed by atoms with Gasteiger partial charge in [0.25, 0.3) is 10.0 Å². The van der Waals surface area contributed by atoms with Gasteiger partial charge in [0.2, 0.25) is 0 Å². The van der Waals surface area contributed by atoms with Crippen molar-refractivity contribution in [3.8, 4) is 0 Å². The van der Waals surface area contributed by atoms with E-state index >= 15 is 0 Å². The van der Waals surface area contributed by atoms with E-state index in [9.17, 15) is 13.5 Å². The zero-order valence-electron chi connectivity index (χ0n) is 12.6. The minimum atomic E-state index is -3.58. The number of nitrogens with one attached hydrogen (secondary N) is 1. The number of piperazine rings is 1. The van der Waals surface area contributed by atoms with Crippen molar-refractivity contribution in [1.29, 1.82) is 0 Å². The Hall–Kier alpha value is -0.930. The SMILES string of the molecule is CCCn1cc(S(=O)(=O)NN2CCN(C)CC2)cc1CO. The summed E-state index contributed by atoms with van der Waals surface area (Å²) in [5.41, 5.74) is 0.621. The smallest absolute Gasteiger partial charge is 0.254 e. The van der Waals surface area contributed by atoms with E-state index < -0.39 is 10.0 Å². The first-order chi connectivity index (χ1) is 9.96. The number of aryl methyl sites for hydroxylation is 1. The molecule has 0 aliphatic carbocycles. The van der Waals surface area contributed by atoms with Gasteiger partial charge < -0.3 is 14.6 Å². The molecule has 7 nitrogen and oxygen atoms in total. The Morgan fingerprint density at radius 1 is 1.29 bits per heavy atom. The molecule has 0 aromatic carbocycles. The molecule has 0 spiro atoms. The Bertz CT molecular complexity index is 562. The minimum absolute atomic E-state index is 0.163. The van der Waals surface area contributed by atoms with Crippen LogP contribution < -0.4 is 4.83 Å². The third kappa shape index (κ3) is 4.04. The fourth-order valence-corrected chi connectivity index (χ4v) is 3.56. The second-order valence-electron chi connectivity index (χ2n) is 5.40. The maximum absolute atomic E-state index is 12.4. The van der Waals surface area contributed by atoms with Crippen LogP contribution in [0.5, 0.6) is 0 Å². The van der Waals surface area contributed by atoms with Crippen LogP contribution >= 0.6 is 0 Å². The number of hydrazine groups is 1. The summed E-state index contributed by atoms with van der Waals surface area (Å²) in [6.07, 6.45) is 2.47. The maximum atomic E-state index is 12.4. The van der Waals surface area contributed by atoms with Gasteiger partial charge in [-0.1, -0.05) is 6.92 Å². The molecule has 2 heterocycles. The van der Waals surface area contributed by atoms with E-state index in [1.807, 2.05) is 14.0 Å². The highest BCUT2D eigenvalue weighted by atomic mass is 32.2. The van der Waals surface area contributed by atoms with E-state index in [-0.39, 0.29) is 11.5 Å². The number of hydrogen-bond donors (Lipinski definition) is 2. The van der Waals surface area contributed by atoms with Crippen LogP contribution in [-0.2, 0) is 23.2 Å². The van der Waals surface area contributed by atoms with Crippen molar-refractivity contribution in [3.05, 3.63) is 18.0 Å². The summed E-state index contributed by atoms with van der Waals surface area (Å²) < 4.78 is 26.6. The third-order valence-corrected chi connectivity index (χ3v) is 4.99. The Labute approximate surface area is 126 Å². The maximum Gasteiger partial charge on any atom is 0.254 e. The molecule has 21 heavy (non-hydrogen) atoms. The third-order valence-electron chi connectivity index (χ3n) is 3.65. The summed E-state index contributed by atoms with van der Waals surface area (Å²) >= 11 is 0. The van der Waals surface area contributed by atoms with Crippen LogP contribution in [0.2, 0.25) is 0 Å². The molecule has 2 N–H and O–H groups in total. The van der Waals surface area contributed by atoms with Gasteiger partial charge in [0, 0.05) is 44.6 Å². The van der Waals surface area contributed by atoms with Gasteiger partial charge in [-0.05, 0) is 19.5 Å².